The molecule has 35 heavy (non-hydrogen) atoms. The lowest BCUT2D eigenvalue weighted by atomic mass is 10.1. The Hall–Kier alpha value is -3.50. The summed E-state index contributed by atoms with van der Waals surface area (Å²) in [5, 5.41) is 1.92. The van der Waals surface area contributed by atoms with E-state index in [0.717, 1.165) is 4.88 Å². The summed E-state index contributed by atoms with van der Waals surface area (Å²) in [6.45, 7) is 3.09. The average Bonchev–Trinajstić information content (AvgIpc) is 3.34. The van der Waals surface area contributed by atoms with Gasteiger partial charge in [0.15, 0.2) is 11.5 Å². The van der Waals surface area contributed by atoms with Gasteiger partial charge < -0.3 is 18.6 Å². The highest BCUT2D eigenvalue weighted by atomic mass is 32.1. The van der Waals surface area contributed by atoms with Crippen LogP contribution in [-0.2, 0) is 19.3 Å². The van der Waals surface area contributed by atoms with E-state index in [2.05, 4.69) is 0 Å². The van der Waals surface area contributed by atoms with Gasteiger partial charge in [-0.05, 0) is 42.6 Å². The third-order valence-electron chi connectivity index (χ3n) is 5.44. The largest absolute Gasteiger partial charge is 0.490 e. The summed E-state index contributed by atoms with van der Waals surface area (Å²) < 4.78 is 64.3. The predicted molar refractivity (Wildman–Crippen MR) is 124 cm³/mol. The molecule has 5 rings (SSSR count). The van der Waals surface area contributed by atoms with Gasteiger partial charge in [-0.1, -0.05) is 18.2 Å². The van der Waals surface area contributed by atoms with E-state index >= 15 is 0 Å². The standard InChI is InChI=1S/C25H20F3NO5S/c1-2-31-19-7-3-4-8-20(19)33-23-21(30)16-9-10-18-17(22(16)34-24(23)25(26,27)28)13-29(14-32-18)12-15-6-5-11-35-15/h3-11H,2,12-14H2,1H3. The normalized spacial score (nSPS) is 13.9. The minimum Gasteiger partial charge on any atom is -0.490 e. The first-order valence-electron chi connectivity index (χ1n) is 10.8. The van der Waals surface area contributed by atoms with Gasteiger partial charge in [0.1, 0.15) is 18.1 Å². The SMILES string of the molecule is CCOc1ccccc1Oc1c(C(F)(F)F)oc2c3c(ccc2c1=O)OCN(Cc1cccs1)C3. The maximum absolute atomic E-state index is 14.1. The van der Waals surface area contributed by atoms with Crippen LogP contribution in [0.3, 0.4) is 0 Å². The Balaban J connectivity index is 1.62. The van der Waals surface area contributed by atoms with Crippen LogP contribution in [-0.4, -0.2) is 18.2 Å². The van der Waals surface area contributed by atoms with Crippen molar-refractivity contribution in [2.24, 2.45) is 0 Å². The van der Waals surface area contributed by atoms with Gasteiger partial charge >= 0.3 is 6.18 Å². The van der Waals surface area contributed by atoms with E-state index in [1.54, 1.807) is 42.5 Å². The van der Waals surface area contributed by atoms with Crippen molar-refractivity contribution in [3.8, 4) is 23.0 Å². The first-order chi connectivity index (χ1) is 16.8. The summed E-state index contributed by atoms with van der Waals surface area (Å²) in [4.78, 5) is 16.3. The number of hydrogen-bond acceptors (Lipinski definition) is 7. The smallest absolute Gasteiger partial charge is 0.453 e. The monoisotopic (exact) mass is 503 g/mol. The number of halogens is 3. The number of thiophene rings is 1. The van der Waals surface area contributed by atoms with Crippen molar-refractivity contribution in [3.63, 3.8) is 0 Å². The Kier molecular flexibility index (Phi) is 6.16. The molecule has 0 atom stereocenters. The summed E-state index contributed by atoms with van der Waals surface area (Å²) in [7, 11) is 0. The number of ether oxygens (including phenoxy) is 3. The zero-order chi connectivity index (χ0) is 24.6. The number of benzene rings is 2. The number of hydrogen-bond donors (Lipinski definition) is 0. The lowest BCUT2D eigenvalue weighted by Crippen LogP contribution is -2.31. The van der Waals surface area contributed by atoms with E-state index < -0.39 is 23.1 Å². The van der Waals surface area contributed by atoms with Crippen LogP contribution in [0.2, 0.25) is 0 Å². The third-order valence-corrected chi connectivity index (χ3v) is 6.30. The summed E-state index contributed by atoms with van der Waals surface area (Å²) in [5.74, 6) is -1.87. The maximum Gasteiger partial charge on any atom is 0.453 e. The zero-order valence-electron chi connectivity index (χ0n) is 18.6. The molecule has 2 aromatic carbocycles. The van der Waals surface area contributed by atoms with Gasteiger partial charge in [0.05, 0.1) is 17.6 Å². The second-order valence-electron chi connectivity index (χ2n) is 7.83. The molecule has 1 aliphatic rings. The van der Waals surface area contributed by atoms with E-state index in [1.807, 2.05) is 22.4 Å². The van der Waals surface area contributed by atoms with Gasteiger partial charge in [0, 0.05) is 18.0 Å². The molecule has 0 radical (unpaired) electrons. The second kappa shape index (κ2) is 9.27. The molecule has 0 bridgehead atoms. The van der Waals surface area contributed by atoms with E-state index in [4.69, 9.17) is 18.6 Å². The van der Waals surface area contributed by atoms with Gasteiger partial charge in [-0.15, -0.1) is 11.3 Å². The minimum absolute atomic E-state index is 0.0186. The fourth-order valence-corrected chi connectivity index (χ4v) is 4.66. The molecule has 6 nitrogen and oxygen atoms in total. The third kappa shape index (κ3) is 4.59. The molecule has 0 aliphatic carbocycles. The Labute approximate surface area is 202 Å². The molecule has 2 aromatic heterocycles. The van der Waals surface area contributed by atoms with Crippen LogP contribution in [0.1, 0.15) is 23.1 Å². The van der Waals surface area contributed by atoms with E-state index in [-0.39, 0.29) is 42.4 Å². The number of nitrogens with zero attached hydrogens (tertiary/aromatic N) is 1. The molecule has 10 heteroatoms. The fraction of sp³-hybridized carbons (Fsp3) is 0.240. The molecule has 182 valence electrons. The fourth-order valence-electron chi connectivity index (χ4n) is 3.92. The first kappa shape index (κ1) is 23.3. The van der Waals surface area contributed by atoms with E-state index in [0.29, 0.717) is 17.9 Å². The van der Waals surface area contributed by atoms with Crippen molar-refractivity contribution < 1.29 is 31.8 Å². The molecule has 0 spiro atoms. The summed E-state index contributed by atoms with van der Waals surface area (Å²) >= 11 is 1.57. The number of alkyl halides is 3. The van der Waals surface area contributed by atoms with Gasteiger partial charge in [-0.2, -0.15) is 13.2 Å². The highest BCUT2D eigenvalue weighted by molar-refractivity contribution is 7.09. The van der Waals surface area contributed by atoms with Gasteiger partial charge in [-0.25, -0.2) is 0 Å². The van der Waals surface area contributed by atoms with Crippen LogP contribution < -0.4 is 19.6 Å². The van der Waals surface area contributed by atoms with Crippen molar-refractivity contribution in [1.29, 1.82) is 0 Å². The van der Waals surface area contributed by atoms with Crippen LogP contribution in [0.4, 0.5) is 13.2 Å². The predicted octanol–water partition coefficient (Wildman–Crippen LogP) is 6.42. The minimum atomic E-state index is -4.97. The van der Waals surface area contributed by atoms with Crippen molar-refractivity contribution in [2.75, 3.05) is 13.3 Å². The van der Waals surface area contributed by atoms with Crippen molar-refractivity contribution in [2.45, 2.75) is 26.2 Å². The Bertz CT molecular complexity index is 1420. The first-order valence-corrected chi connectivity index (χ1v) is 11.7. The lowest BCUT2D eigenvalue weighted by Gasteiger charge is -2.29. The maximum atomic E-state index is 14.1. The Morgan fingerprint density at radius 2 is 1.89 bits per heavy atom. The van der Waals surface area contributed by atoms with Gasteiger partial charge in [-0.3, -0.25) is 9.69 Å². The molecule has 1 aliphatic heterocycles. The molecule has 0 N–H and O–H groups in total. The van der Waals surface area contributed by atoms with Crippen LogP contribution in [0, 0.1) is 0 Å². The zero-order valence-corrected chi connectivity index (χ0v) is 19.4. The highest BCUT2D eigenvalue weighted by Crippen LogP contribution is 2.42. The molecule has 0 saturated carbocycles. The van der Waals surface area contributed by atoms with Crippen LogP contribution in [0.15, 0.2) is 63.1 Å². The molecule has 0 unspecified atom stereocenters. The second-order valence-corrected chi connectivity index (χ2v) is 8.86. The van der Waals surface area contributed by atoms with Gasteiger partial charge in [0.2, 0.25) is 11.2 Å². The Morgan fingerprint density at radius 3 is 2.60 bits per heavy atom. The molecule has 0 fully saturated rings. The molecule has 0 saturated heterocycles. The number of para-hydroxylation sites is 2. The van der Waals surface area contributed by atoms with Crippen molar-refractivity contribution >= 4 is 22.3 Å². The molecule has 3 heterocycles. The van der Waals surface area contributed by atoms with E-state index in [9.17, 15) is 18.0 Å². The van der Waals surface area contributed by atoms with Crippen LogP contribution in [0.25, 0.3) is 11.0 Å². The van der Waals surface area contributed by atoms with Crippen LogP contribution >= 0.6 is 11.3 Å². The molecule has 0 amide bonds. The lowest BCUT2D eigenvalue weighted by molar-refractivity contribution is -0.154. The average molecular weight is 503 g/mol. The van der Waals surface area contributed by atoms with Crippen LogP contribution in [0.5, 0.6) is 23.0 Å². The topological polar surface area (TPSA) is 61.1 Å². The summed E-state index contributed by atoms with van der Waals surface area (Å²) in [6.07, 6.45) is -4.97. The summed E-state index contributed by atoms with van der Waals surface area (Å²) in [6, 6.07) is 13.1. The highest BCUT2D eigenvalue weighted by Gasteiger charge is 2.41. The van der Waals surface area contributed by atoms with Crippen molar-refractivity contribution in [3.05, 3.63) is 80.3 Å². The number of fused-ring (bicyclic) bond motifs is 3. The molecular weight excluding hydrogens is 483 g/mol. The number of rotatable bonds is 6. The molecular formula is C25H20F3NO5S. The Morgan fingerprint density at radius 1 is 1.09 bits per heavy atom. The molecule has 4 aromatic rings. The summed E-state index contributed by atoms with van der Waals surface area (Å²) in [5.41, 5.74) is -0.710. The quantitative estimate of drug-likeness (QED) is 0.303. The van der Waals surface area contributed by atoms with Gasteiger partial charge in [0.25, 0.3) is 5.76 Å². The van der Waals surface area contributed by atoms with Crippen molar-refractivity contribution in [1.82, 2.24) is 4.90 Å². The van der Waals surface area contributed by atoms with E-state index in [1.165, 1.54) is 12.1 Å².